The number of fused-ring (bicyclic) bond motifs is 1. The summed E-state index contributed by atoms with van der Waals surface area (Å²) in [7, 11) is 0. The normalized spacial score (nSPS) is 17.0. The molecule has 1 aromatic carbocycles. The Balaban J connectivity index is 1.67. The van der Waals surface area contributed by atoms with Crippen molar-refractivity contribution in [2.24, 2.45) is 4.99 Å². The predicted octanol–water partition coefficient (Wildman–Crippen LogP) is 7.21. The molecule has 0 radical (unpaired) electrons. The molecule has 4 nitrogen and oxygen atoms in total. The van der Waals surface area contributed by atoms with Crippen LogP contribution in [0.4, 0.5) is 5.00 Å². The zero-order valence-corrected chi connectivity index (χ0v) is 22.4. The summed E-state index contributed by atoms with van der Waals surface area (Å²) in [6, 6.07) is 4.36. The van der Waals surface area contributed by atoms with Crippen molar-refractivity contribution in [1.29, 1.82) is 0 Å². The van der Waals surface area contributed by atoms with Crippen LogP contribution >= 0.6 is 49.9 Å². The number of thiophene rings is 1. The smallest absolute Gasteiger partial charge is 0.254 e. The van der Waals surface area contributed by atoms with Crippen molar-refractivity contribution in [3.05, 3.63) is 41.7 Å². The SMILES string of the molecule is CCOc1c(I)cc(Br)cc1C=Nc1sc2c(c1C(=O)NC1CCCCC1)CCCC2. The van der Waals surface area contributed by atoms with Crippen LogP contribution in [-0.2, 0) is 12.8 Å². The van der Waals surface area contributed by atoms with Gasteiger partial charge in [0.15, 0.2) is 0 Å². The lowest BCUT2D eigenvalue weighted by Gasteiger charge is -2.23. The molecule has 1 saturated carbocycles. The van der Waals surface area contributed by atoms with E-state index in [2.05, 4.69) is 43.8 Å². The number of benzene rings is 1. The molecule has 1 amide bonds. The summed E-state index contributed by atoms with van der Waals surface area (Å²) >= 11 is 7.56. The van der Waals surface area contributed by atoms with E-state index >= 15 is 0 Å². The van der Waals surface area contributed by atoms with Gasteiger partial charge in [-0.15, -0.1) is 11.3 Å². The van der Waals surface area contributed by atoms with Crippen molar-refractivity contribution < 1.29 is 9.53 Å². The molecule has 1 N–H and O–H groups in total. The van der Waals surface area contributed by atoms with E-state index in [0.29, 0.717) is 12.6 Å². The van der Waals surface area contributed by atoms with Gasteiger partial charge in [-0.05, 0) is 85.7 Å². The molecular weight excluding hydrogens is 587 g/mol. The number of aliphatic imine (C=N–C) groups is 1. The van der Waals surface area contributed by atoms with Crippen LogP contribution in [0.15, 0.2) is 21.6 Å². The van der Waals surface area contributed by atoms with Crippen LogP contribution in [0.2, 0.25) is 0 Å². The second kappa shape index (κ2) is 10.8. The summed E-state index contributed by atoms with van der Waals surface area (Å²) in [6.07, 6.45) is 12.1. The number of nitrogens with one attached hydrogen (secondary N) is 1. The lowest BCUT2D eigenvalue weighted by Crippen LogP contribution is -2.36. The van der Waals surface area contributed by atoms with Crippen LogP contribution < -0.4 is 10.1 Å². The first-order chi connectivity index (χ1) is 15.1. The molecule has 4 rings (SSSR count). The van der Waals surface area contributed by atoms with Gasteiger partial charge in [0.25, 0.3) is 5.91 Å². The minimum Gasteiger partial charge on any atom is -0.492 e. The average Bonchev–Trinajstić information content (AvgIpc) is 3.13. The molecule has 2 aliphatic rings. The van der Waals surface area contributed by atoms with Gasteiger partial charge in [0.2, 0.25) is 0 Å². The van der Waals surface area contributed by atoms with Crippen molar-refractivity contribution in [1.82, 2.24) is 5.32 Å². The zero-order chi connectivity index (χ0) is 21.8. The first-order valence-electron chi connectivity index (χ1n) is 11.2. The third-order valence-corrected chi connectivity index (χ3v) is 8.43. The van der Waals surface area contributed by atoms with E-state index in [-0.39, 0.29) is 5.91 Å². The molecule has 0 bridgehead atoms. The fourth-order valence-electron chi connectivity index (χ4n) is 4.48. The number of rotatable bonds is 6. The molecule has 31 heavy (non-hydrogen) atoms. The minimum atomic E-state index is 0.0623. The number of ether oxygens (including phenoxy) is 1. The van der Waals surface area contributed by atoms with E-state index in [1.54, 1.807) is 11.3 Å². The second-order valence-electron chi connectivity index (χ2n) is 8.20. The average molecular weight is 615 g/mol. The minimum absolute atomic E-state index is 0.0623. The number of carbonyl (C=O) groups excluding carboxylic acids is 1. The molecule has 1 aromatic heterocycles. The van der Waals surface area contributed by atoms with Gasteiger partial charge in [0, 0.05) is 27.2 Å². The molecule has 0 unspecified atom stereocenters. The Morgan fingerprint density at radius 1 is 1.26 bits per heavy atom. The Bertz CT molecular complexity index is 982. The Hall–Kier alpha value is -0.930. The highest BCUT2D eigenvalue weighted by Crippen LogP contribution is 2.40. The molecule has 2 aliphatic carbocycles. The van der Waals surface area contributed by atoms with E-state index in [1.165, 1.54) is 36.1 Å². The lowest BCUT2D eigenvalue weighted by atomic mass is 9.93. The van der Waals surface area contributed by atoms with Crippen LogP contribution in [0.25, 0.3) is 0 Å². The molecule has 0 atom stereocenters. The summed E-state index contributed by atoms with van der Waals surface area (Å²) in [5.41, 5.74) is 2.96. The van der Waals surface area contributed by atoms with Crippen molar-refractivity contribution >= 4 is 67.0 Å². The van der Waals surface area contributed by atoms with E-state index < -0.39 is 0 Å². The number of nitrogens with zero attached hydrogens (tertiary/aromatic N) is 1. The van der Waals surface area contributed by atoms with E-state index in [0.717, 1.165) is 62.0 Å². The number of carbonyl (C=O) groups is 1. The predicted molar refractivity (Wildman–Crippen MR) is 141 cm³/mol. The molecule has 1 fully saturated rings. The van der Waals surface area contributed by atoms with Crippen molar-refractivity contribution in [2.45, 2.75) is 70.8 Å². The van der Waals surface area contributed by atoms with Gasteiger partial charge in [-0.1, -0.05) is 35.2 Å². The van der Waals surface area contributed by atoms with E-state index in [9.17, 15) is 4.79 Å². The first-order valence-corrected chi connectivity index (χ1v) is 13.9. The topological polar surface area (TPSA) is 50.7 Å². The van der Waals surface area contributed by atoms with Crippen LogP contribution in [0.1, 0.15) is 78.2 Å². The Labute approximate surface area is 210 Å². The van der Waals surface area contributed by atoms with E-state index in [4.69, 9.17) is 9.73 Å². The molecule has 0 spiro atoms. The second-order valence-corrected chi connectivity index (χ2v) is 11.4. The molecule has 0 aliphatic heterocycles. The van der Waals surface area contributed by atoms with Crippen molar-refractivity contribution in [2.75, 3.05) is 6.61 Å². The highest BCUT2D eigenvalue weighted by Gasteiger charge is 2.27. The van der Waals surface area contributed by atoms with Gasteiger partial charge in [-0.25, -0.2) is 4.99 Å². The molecule has 1 heterocycles. The summed E-state index contributed by atoms with van der Waals surface area (Å²) in [5.74, 6) is 0.900. The van der Waals surface area contributed by atoms with Gasteiger partial charge in [-0.3, -0.25) is 4.79 Å². The third kappa shape index (κ3) is 5.53. The quantitative estimate of drug-likeness (QED) is 0.276. The summed E-state index contributed by atoms with van der Waals surface area (Å²) in [4.78, 5) is 19.5. The number of amides is 1. The van der Waals surface area contributed by atoms with Crippen LogP contribution in [0.3, 0.4) is 0 Å². The van der Waals surface area contributed by atoms with Gasteiger partial charge in [0.1, 0.15) is 10.8 Å². The highest BCUT2D eigenvalue weighted by atomic mass is 127. The maximum Gasteiger partial charge on any atom is 0.254 e. The molecular formula is C24H28BrIN2O2S. The van der Waals surface area contributed by atoms with Gasteiger partial charge >= 0.3 is 0 Å². The largest absolute Gasteiger partial charge is 0.492 e. The lowest BCUT2D eigenvalue weighted by molar-refractivity contribution is 0.0927. The van der Waals surface area contributed by atoms with Crippen LogP contribution in [0.5, 0.6) is 5.75 Å². The van der Waals surface area contributed by atoms with Gasteiger partial charge < -0.3 is 10.1 Å². The fourth-order valence-corrected chi connectivity index (χ4v) is 7.42. The first kappa shape index (κ1) is 23.2. The van der Waals surface area contributed by atoms with Gasteiger partial charge in [-0.2, -0.15) is 0 Å². The molecule has 0 saturated heterocycles. The standard InChI is InChI=1S/C24H28BrIN2O2S/c1-2-30-22-15(12-16(25)13-19(22)26)14-27-24-21(18-10-6-7-11-20(18)31-24)23(29)28-17-8-4-3-5-9-17/h12-14,17H,2-11H2,1H3,(H,28,29). The summed E-state index contributed by atoms with van der Waals surface area (Å²) in [6.45, 7) is 2.58. The van der Waals surface area contributed by atoms with Crippen LogP contribution in [0, 0.1) is 3.57 Å². The number of hydrogen-bond donors (Lipinski definition) is 1. The number of hydrogen-bond acceptors (Lipinski definition) is 4. The Morgan fingerprint density at radius 2 is 2.03 bits per heavy atom. The Kier molecular flexibility index (Phi) is 8.09. The van der Waals surface area contributed by atoms with Crippen molar-refractivity contribution in [3.8, 4) is 5.75 Å². The Morgan fingerprint density at radius 3 is 2.81 bits per heavy atom. The van der Waals surface area contributed by atoms with E-state index in [1.807, 2.05) is 25.3 Å². The monoisotopic (exact) mass is 614 g/mol. The maximum absolute atomic E-state index is 13.3. The number of aryl methyl sites for hydroxylation is 1. The molecule has 166 valence electrons. The number of halogens is 2. The summed E-state index contributed by atoms with van der Waals surface area (Å²) in [5, 5.41) is 4.15. The zero-order valence-electron chi connectivity index (χ0n) is 17.8. The fraction of sp³-hybridized carbons (Fsp3) is 0.500. The van der Waals surface area contributed by atoms with Gasteiger partial charge in [0.05, 0.1) is 15.7 Å². The highest BCUT2D eigenvalue weighted by molar-refractivity contribution is 14.1. The van der Waals surface area contributed by atoms with Crippen molar-refractivity contribution in [3.63, 3.8) is 0 Å². The third-order valence-electron chi connectivity index (χ3n) is 5.97. The summed E-state index contributed by atoms with van der Waals surface area (Å²) < 4.78 is 7.90. The maximum atomic E-state index is 13.3. The van der Waals surface area contributed by atoms with Crippen LogP contribution in [-0.4, -0.2) is 24.8 Å². The molecule has 2 aromatic rings. The molecule has 7 heteroatoms.